The summed E-state index contributed by atoms with van der Waals surface area (Å²) in [5.41, 5.74) is 0.751. The molecule has 25 heavy (non-hydrogen) atoms. The van der Waals surface area contributed by atoms with Gasteiger partial charge in [0.05, 0.1) is 18.4 Å². The fourth-order valence-electron chi connectivity index (χ4n) is 2.09. The Kier molecular flexibility index (Phi) is 6.60. The Bertz CT molecular complexity index is 745. The van der Waals surface area contributed by atoms with Gasteiger partial charge in [-0.25, -0.2) is 0 Å². The molecule has 6 nitrogen and oxygen atoms in total. The SMILES string of the molecule is C=CCOc1ccc(/C=C2\SC(=S)N(CCC(=O)O)C2=O)cc1OC. The van der Waals surface area contributed by atoms with Crippen molar-refractivity contribution in [3.8, 4) is 11.5 Å². The number of thioether (sulfide) groups is 1. The normalized spacial score (nSPS) is 15.6. The summed E-state index contributed by atoms with van der Waals surface area (Å²) >= 11 is 6.31. The van der Waals surface area contributed by atoms with Crippen LogP contribution in [0.25, 0.3) is 6.08 Å². The van der Waals surface area contributed by atoms with Gasteiger partial charge in [-0.3, -0.25) is 14.5 Å². The predicted octanol–water partition coefficient (Wildman–Crippen LogP) is 2.94. The summed E-state index contributed by atoms with van der Waals surface area (Å²) in [5, 5.41) is 8.76. The number of carboxylic acid groups (broad SMARTS) is 1. The average Bonchev–Trinajstić information content (AvgIpc) is 2.85. The van der Waals surface area contributed by atoms with Gasteiger partial charge in [0, 0.05) is 6.54 Å². The van der Waals surface area contributed by atoms with Crippen LogP contribution in [0.1, 0.15) is 12.0 Å². The molecule has 0 aliphatic carbocycles. The van der Waals surface area contributed by atoms with Crippen LogP contribution in [-0.4, -0.2) is 46.5 Å². The molecule has 1 amide bonds. The average molecular weight is 379 g/mol. The van der Waals surface area contributed by atoms with E-state index in [2.05, 4.69) is 6.58 Å². The van der Waals surface area contributed by atoms with Gasteiger partial charge in [0.15, 0.2) is 11.5 Å². The van der Waals surface area contributed by atoms with Crippen LogP contribution in [0.15, 0.2) is 35.8 Å². The van der Waals surface area contributed by atoms with E-state index in [0.717, 1.165) is 17.3 Å². The fraction of sp³-hybridized carbons (Fsp3) is 0.235. The first-order valence-corrected chi connectivity index (χ1v) is 8.57. The summed E-state index contributed by atoms with van der Waals surface area (Å²) < 4.78 is 11.1. The summed E-state index contributed by atoms with van der Waals surface area (Å²) in [6.45, 7) is 4.02. The fourth-order valence-corrected chi connectivity index (χ4v) is 3.40. The van der Waals surface area contributed by atoms with Gasteiger partial charge in [-0.2, -0.15) is 0 Å². The maximum absolute atomic E-state index is 12.4. The van der Waals surface area contributed by atoms with Crippen molar-refractivity contribution in [2.45, 2.75) is 6.42 Å². The molecule has 0 unspecified atom stereocenters. The van der Waals surface area contributed by atoms with Crippen LogP contribution in [-0.2, 0) is 9.59 Å². The molecule has 1 saturated heterocycles. The molecule has 1 N–H and O–H groups in total. The van der Waals surface area contributed by atoms with Gasteiger partial charge in [-0.05, 0) is 23.8 Å². The van der Waals surface area contributed by atoms with Crippen molar-refractivity contribution in [2.75, 3.05) is 20.3 Å². The number of carbonyl (C=O) groups is 2. The number of benzene rings is 1. The zero-order valence-electron chi connectivity index (χ0n) is 13.6. The molecule has 0 atom stereocenters. The highest BCUT2D eigenvalue weighted by atomic mass is 32.2. The molecule has 132 valence electrons. The number of amides is 1. The van der Waals surface area contributed by atoms with Crippen molar-refractivity contribution in [1.82, 2.24) is 4.90 Å². The molecule has 8 heteroatoms. The second-order valence-electron chi connectivity index (χ2n) is 4.99. The smallest absolute Gasteiger partial charge is 0.305 e. The summed E-state index contributed by atoms with van der Waals surface area (Å²) in [6.07, 6.45) is 3.18. The van der Waals surface area contributed by atoms with E-state index < -0.39 is 5.97 Å². The number of nitrogens with zero attached hydrogens (tertiary/aromatic N) is 1. The van der Waals surface area contributed by atoms with Gasteiger partial charge in [0.25, 0.3) is 5.91 Å². The summed E-state index contributed by atoms with van der Waals surface area (Å²) in [6, 6.07) is 5.30. The molecule has 0 bridgehead atoms. The predicted molar refractivity (Wildman–Crippen MR) is 101 cm³/mol. The minimum Gasteiger partial charge on any atom is -0.493 e. The molecular weight excluding hydrogens is 362 g/mol. The highest BCUT2D eigenvalue weighted by Crippen LogP contribution is 2.34. The molecule has 2 rings (SSSR count). The summed E-state index contributed by atoms with van der Waals surface area (Å²) in [5.74, 6) is -0.148. The molecule has 0 aromatic heterocycles. The van der Waals surface area contributed by atoms with Crippen molar-refractivity contribution in [3.63, 3.8) is 0 Å². The molecule has 1 heterocycles. The van der Waals surface area contributed by atoms with Crippen molar-refractivity contribution in [2.24, 2.45) is 0 Å². The number of ether oxygens (including phenoxy) is 2. The van der Waals surface area contributed by atoms with Crippen molar-refractivity contribution in [3.05, 3.63) is 41.3 Å². The first-order valence-electron chi connectivity index (χ1n) is 7.35. The standard InChI is InChI=1S/C17H17NO5S2/c1-3-8-23-12-5-4-11(9-13(12)22-2)10-14-16(21)18(17(24)25-14)7-6-15(19)20/h3-5,9-10H,1,6-8H2,2H3,(H,19,20)/b14-10-. The van der Waals surface area contributed by atoms with Gasteiger partial charge in [0.1, 0.15) is 10.9 Å². The molecular formula is C17H17NO5S2. The Labute approximate surface area is 155 Å². The second kappa shape index (κ2) is 8.68. The minimum atomic E-state index is -0.974. The minimum absolute atomic E-state index is 0.0645. The highest BCUT2D eigenvalue weighted by molar-refractivity contribution is 8.26. The molecule has 1 aliphatic heterocycles. The third-order valence-corrected chi connectivity index (χ3v) is 4.64. The van der Waals surface area contributed by atoms with Crippen LogP contribution in [0.5, 0.6) is 11.5 Å². The van der Waals surface area contributed by atoms with Crippen LogP contribution in [0.2, 0.25) is 0 Å². The maximum Gasteiger partial charge on any atom is 0.305 e. The topological polar surface area (TPSA) is 76.1 Å². The number of rotatable bonds is 8. The van der Waals surface area contributed by atoms with E-state index in [1.165, 1.54) is 12.0 Å². The van der Waals surface area contributed by atoms with Gasteiger partial charge >= 0.3 is 5.97 Å². The monoisotopic (exact) mass is 379 g/mol. The van der Waals surface area contributed by atoms with E-state index in [9.17, 15) is 9.59 Å². The van der Waals surface area contributed by atoms with Crippen LogP contribution >= 0.6 is 24.0 Å². The number of carboxylic acids is 1. The van der Waals surface area contributed by atoms with Gasteiger partial charge in [-0.15, -0.1) is 0 Å². The summed E-state index contributed by atoms with van der Waals surface area (Å²) in [4.78, 5) is 24.8. The number of aliphatic carboxylic acids is 1. The van der Waals surface area contributed by atoms with E-state index in [4.69, 9.17) is 26.8 Å². The molecule has 0 saturated carbocycles. The van der Waals surface area contributed by atoms with E-state index in [0.29, 0.717) is 27.3 Å². The van der Waals surface area contributed by atoms with E-state index in [1.807, 2.05) is 0 Å². The summed E-state index contributed by atoms with van der Waals surface area (Å²) in [7, 11) is 1.53. The van der Waals surface area contributed by atoms with Gasteiger partial charge in [0.2, 0.25) is 0 Å². The Morgan fingerprint density at radius 2 is 2.20 bits per heavy atom. The first-order chi connectivity index (χ1) is 12.0. The second-order valence-corrected chi connectivity index (χ2v) is 6.66. The van der Waals surface area contributed by atoms with Crippen molar-refractivity contribution >= 4 is 46.3 Å². The Morgan fingerprint density at radius 1 is 1.44 bits per heavy atom. The molecule has 1 aliphatic rings. The molecule has 0 spiro atoms. The number of methoxy groups -OCH3 is 1. The van der Waals surface area contributed by atoms with Crippen LogP contribution in [0, 0.1) is 0 Å². The van der Waals surface area contributed by atoms with E-state index in [1.54, 1.807) is 30.4 Å². The molecule has 0 radical (unpaired) electrons. The number of thiocarbonyl (C=S) groups is 1. The van der Waals surface area contributed by atoms with E-state index >= 15 is 0 Å². The number of carbonyl (C=O) groups excluding carboxylic acids is 1. The zero-order valence-corrected chi connectivity index (χ0v) is 15.2. The van der Waals surface area contributed by atoms with Gasteiger partial charge < -0.3 is 14.6 Å². The zero-order chi connectivity index (χ0) is 18.4. The van der Waals surface area contributed by atoms with Crippen molar-refractivity contribution < 1.29 is 24.2 Å². The van der Waals surface area contributed by atoms with Crippen LogP contribution in [0.4, 0.5) is 0 Å². The Balaban J connectivity index is 2.19. The lowest BCUT2D eigenvalue weighted by Crippen LogP contribution is -2.30. The van der Waals surface area contributed by atoms with Crippen LogP contribution < -0.4 is 9.47 Å². The quantitative estimate of drug-likeness (QED) is 0.423. The third kappa shape index (κ3) is 4.83. The number of hydrogen-bond donors (Lipinski definition) is 1. The van der Waals surface area contributed by atoms with E-state index in [-0.39, 0.29) is 18.9 Å². The Hall–Kier alpha value is -2.32. The first kappa shape index (κ1) is 19.0. The number of hydrogen-bond acceptors (Lipinski definition) is 6. The molecule has 1 aromatic rings. The largest absolute Gasteiger partial charge is 0.493 e. The maximum atomic E-state index is 12.4. The Morgan fingerprint density at radius 3 is 2.84 bits per heavy atom. The third-order valence-electron chi connectivity index (χ3n) is 3.26. The van der Waals surface area contributed by atoms with Gasteiger partial charge in [-0.1, -0.05) is 42.7 Å². The highest BCUT2D eigenvalue weighted by Gasteiger charge is 2.32. The lowest BCUT2D eigenvalue weighted by molar-refractivity contribution is -0.137. The van der Waals surface area contributed by atoms with Crippen LogP contribution in [0.3, 0.4) is 0 Å². The lowest BCUT2D eigenvalue weighted by atomic mass is 10.2. The molecule has 1 fully saturated rings. The van der Waals surface area contributed by atoms with Crippen molar-refractivity contribution in [1.29, 1.82) is 0 Å². The molecule has 1 aromatic carbocycles. The lowest BCUT2D eigenvalue weighted by Gasteiger charge is -2.12.